The summed E-state index contributed by atoms with van der Waals surface area (Å²) >= 11 is 1.48. The van der Waals surface area contributed by atoms with E-state index in [9.17, 15) is 5.11 Å². The first kappa shape index (κ1) is 13.2. The molecule has 0 amide bonds. The van der Waals surface area contributed by atoms with Crippen LogP contribution in [0.1, 0.15) is 37.7 Å². The van der Waals surface area contributed by atoms with E-state index in [0.717, 1.165) is 31.2 Å². The van der Waals surface area contributed by atoms with Crippen molar-refractivity contribution >= 4 is 16.8 Å². The molecule has 1 aromatic carbocycles. The van der Waals surface area contributed by atoms with Crippen molar-refractivity contribution in [2.45, 2.75) is 43.6 Å². The second-order valence-corrected chi connectivity index (χ2v) is 6.03. The van der Waals surface area contributed by atoms with E-state index in [1.54, 1.807) is 0 Å². The Morgan fingerprint density at radius 1 is 1.16 bits per heavy atom. The van der Waals surface area contributed by atoms with Crippen LogP contribution < -0.4 is 0 Å². The minimum Gasteiger partial charge on any atom is -0.356 e. The predicted octanol–water partition coefficient (Wildman–Crippen LogP) is 3.28. The summed E-state index contributed by atoms with van der Waals surface area (Å²) in [5, 5.41) is 11.6. The van der Waals surface area contributed by atoms with Crippen molar-refractivity contribution in [3.8, 4) is 0 Å². The molecule has 3 nitrogen and oxygen atoms in total. The highest BCUT2D eigenvalue weighted by atomic mass is 32.2. The van der Waals surface area contributed by atoms with Crippen LogP contribution in [0.5, 0.6) is 0 Å². The molecule has 1 aliphatic carbocycles. The lowest BCUT2D eigenvalue weighted by atomic mass is 9.92. The first-order valence-corrected chi connectivity index (χ1v) is 8.03. The lowest BCUT2D eigenvalue weighted by Gasteiger charge is -2.33. The van der Waals surface area contributed by atoms with Crippen molar-refractivity contribution in [3.05, 3.63) is 35.9 Å². The molecular weight excluding hydrogens is 258 g/mol. The smallest absolute Gasteiger partial charge is 0.245 e. The van der Waals surface area contributed by atoms with Crippen LogP contribution in [0.15, 0.2) is 35.3 Å². The first-order chi connectivity index (χ1) is 9.19. The Morgan fingerprint density at radius 3 is 2.47 bits per heavy atom. The van der Waals surface area contributed by atoms with Crippen LogP contribution in [0.3, 0.4) is 0 Å². The average Bonchev–Trinajstić information content (AvgIpc) is 2.74. The molecule has 1 unspecified atom stereocenters. The topological polar surface area (TPSA) is 41.8 Å². The first-order valence-electron chi connectivity index (χ1n) is 6.81. The number of hydrogen-bond donors (Lipinski definition) is 1. The van der Waals surface area contributed by atoms with E-state index in [-0.39, 0.29) is 0 Å². The Kier molecular flexibility index (Phi) is 3.41. The zero-order valence-corrected chi connectivity index (χ0v) is 11.9. The highest BCUT2D eigenvalue weighted by Crippen LogP contribution is 2.46. The number of hydrogen-bond acceptors (Lipinski definition) is 4. The van der Waals surface area contributed by atoms with Gasteiger partial charge in [-0.3, -0.25) is 0 Å². The highest BCUT2D eigenvalue weighted by Gasteiger charge is 2.52. The largest absolute Gasteiger partial charge is 0.356 e. The number of benzene rings is 1. The Balaban J connectivity index is 1.97. The van der Waals surface area contributed by atoms with Gasteiger partial charge in [-0.1, -0.05) is 36.8 Å². The van der Waals surface area contributed by atoms with Crippen molar-refractivity contribution in [1.82, 2.24) is 0 Å². The van der Waals surface area contributed by atoms with Gasteiger partial charge in [-0.2, -0.15) is 0 Å². The fraction of sp³-hybridized carbons (Fsp3) is 0.533. The third kappa shape index (κ3) is 2.22. The minimum atomic E-state index is -1.36. The van der Waals surface area contributed by atoms with Crippen molar-refractivity contribution in [1.29, 1.82) is 0 Å². The number of aliphatic hydroxyl groups is 1. The molecular formula is C15H19NO2S. The van der Waals surface area contributed by atoms with Crippen LogP contribution in [-0.2, 0) is 10.5 Å². The van der Waals surface area contributed by atoms with Crippen molar-refractivity contribution in [2.24, 2.45) is 4.99 Å². The van der Waals surface area contributed by atoms with Gasteiger partial charge in [0.25, 0.3) is 0 Å². The van der Waals surface area contributed by atoms with Gasteiger partial charge in [-0.05, 0) is 31.9 Å². The maximum atomic E-state index is 11.0. The number of rotatable bonds is 1. The van der Waals surface area contributed by atoms with Gasteiger partial charge in [0.2, 0.25) is 5.79 Å². The van der Waals surface area contributed by atoms with Gasteiger partial charge in [0.05, 0.1) is 0 Å². The molecule has 1 spiro atoms. The molecule has 0 saturated heterocycles. The molecule has 1 aliphatic heterocycles. The number of thioether (sulfide) groups is 1. The fourth-order valence-corrected chi connectivity index (χ4v) is 3.64. The molecule has 0 radical (unpaired) electrons. The summed E-state index contributed by atoms with van der Waals surface area (Å²) in [7, 11) is 0. The Hall–Kier alpha value is -0.840. The van der Waals surface area contributed by atoms with Gasteiger partial charge >= 0.3 is 0 Å². The van der Waals surface area contributed by atoms with Gasteiger partial charge < -0.3 is 9.84 Å². The van der Waals surface area contributed by atoms with E-state index >= 15 is 0 Å². The van der Waals surface area contributed by atoms with Gasteiger partial charge in [0, 0.05) is 5.56 Å². The standard InChI is InChI=1S/C15H19NO2S/c1-19-13-15(17,12-8-4-2-5-9-12)18-14(16-13)10-6-3-7-11-14/h2,4-5,8-9,17H,3,6-7,10-11H2,1H3. The summed E-state index contributed by atoms with van der Waals surface area (Å²) in [6.45, 7) is 0. The molecule has 0 aromatic heterocycles. The number of nitrogens with zero attached hydrogens (tertiary/aromatic N) is 1. The maximum absolute atomic E-state index is 11.0. The van der Waals surface area contributed by atoms with Gasteiger partial charge in [0.1, 0.15) is 5.04 Å². The summed E-state index contributed by atoms with van der Waals surface area (Å²) in [6, 6.07) is 9.57. The van der Waals surface area contributed by atoms with Crippen LogP contribution in [0.2, 0.25) is 0 Å². The van der Waals surface area contributed by atoms with E-state index in [4.69, 9.17) is 9.73 Å². The lowest BCUT2D eigenvalue weighted by molar-refractivity contribution is -0.219. The molecule has 1 heterocycles. The highest BCUT2D eigenvalue weighted by molar-refractivity contribution is 8.13. The van der Waals surface area contributed by atoms with E-state index < -0.39 is 11.5 Å². The molecule has 2 aliphatic rings. The maximum Gasteiger partial charge on any atom is 0.245 e. The normalized spacial score (nSPS) is 29.5. The van der Waals surface area contributed by atoms with Crippen molar-refractivity contribution in [2.75, 3.05) is 6.26 Å². The van der Waals surface area contributed by atoms with Crippen LogP contribution in [0.4, 0.5) is 0 Å². The van der Waals surface area contributed by atoms with Crippen molar-refractivity contribution < 1.29 is 9.84 Å². The van der Waals surface area contributed by atoms with E-state index in [0.29, 0.717) is 5.04 Å². The van der Waals surface area contributed by atoms with E-state index in [2.05, 4.69) is 0 Å². The quantitative estimate of drug-likeness (QED) is 0.856. The molecule has 1 atom stereocenters. The average molecular weight is 277 g/mol. The fourth-order valence-electron chi connectivity index (χ4n) is 2.95. The second-order valence-electron chi connectivity index (χ2n) is 5.24. The van der Waals surface area contributed by atoms with Gasteiger partial charge in [-0.25, -0.2) is 4.99 Å². The van der Waals surface area contributed by atoms with Gasteiger partial charge in [0.15, 0.2) is 5.72 Å². The lowest BCUT2D eigenvalue weighted by Crippen LogP contribution is -2.39. The molecule has 1 N–H and O–H groups in total. The molecule has 0 bridgehead atoms. The summed E-state index contributed by atoms with van der Waals surface area (Å²) in [5.41, 5.74) is 0.270. The third-order valence-electron chi connectivity index (χ3n) is 3.93. The van der Waals surface area contributed by atoms with Crippen LogP contribution >= 0.6 is 11.8 Å². The molecule has 1 saturated carbocycles. The molecule has 1 fully saturated rings. The molecule has 4 heteroatoms. The van der Waals surface area contributed by atoms with E-state index in [1.165, 1.54) is 18.2 Å². The molecule has 1 aromatic rings. The summed E-state index contributed by atoms with van der Waals surface area (Å²) < 4.78 is 6.10. The van der Waals surface area contributed by atoms with Crippen LogP contribution in [-0.4, -0.2) is 22.1 Å². The van der Waals surface area contributed by atoms with Gasteiger partial charge in [-0.15, -0.1) is 11.8 Å². The Morgan fingerprint density at radius 2 is 1.84 bits per heavy atom. The summed E-state index contributed by atoms with van der Waals surface area (Å²) in [6.07, 6.45) is 7.24. The number of ether oxygens (including phenoxy) is 1. The predicted molar refractivity (Wildman–Crippen MR) is 78.2 cm³/mol. The zero-order chi connectivity index (χ0) is 13.3. The van der Waals surface area contributed by atoms with Crippen LogP contribution in [0.25, 0.3) is 0 Å². The Bertz CT molecular complexity index is 482. The third-order valence-corrected chi connectivity index (χ3v) is 4.68. The molecule has 102 valence electrons. The molecule has 3 rings (SSSR count). The summed E-state index contributed by atoms with van der Waals surface area (Å²) in [4.78, 5) is 4.73. The molecule has 19 heavy (non-hydrogen) atoms. The Labute approximate surface area is 118 Å². The van der Waals surface area contributed by atoms with E-state index in [1.807, 2.05) is 36.6 Å². The monoisotopic (exact) mass is 277 g/mol. The zero-order valence-electron chi connectivity index (χ0n) is 11.1. The SMILES string of the molecule is CSC1=NC2(CCCCC2)OC1(O)c1ccccc1. The summed E-state index contributed by atoms with van der Waals surface area (Å²) in [5.74, 6) is -1.36. The van der Waals surface area contributed by atoms with Crippen LogP contribution in [0, 0.1) is 0 Å². The minimum absolute atomic E-state index is 0.499. The second kappa shape index (κ2) is 4.93. The van der Waals surface area contributed by atoms with Crippen molar-refractivity contribution in [3.63, 3.8) is 0 Å². The number of aliphatic imine (C=N–C) groups is 1.